The minimum absolute atomic E-state index is 0.305. The number of nitrogens with zero attached hydrogens (tertiary/aromatic N) is 1. The highest BCUT2D eigenvalue weighted by Gasteiger charge is 2.29. The van der Waals surface area contributed by atoms with Crippen molar-refractivity contribution in [1.29, 1.82) is 5.26 Å². The third-order valence-corrected chi connectivity index (χ3v) is 2.24. The summed E-state index contributed by atoms with van der Waals surface area (Å²) in [5, 5.41) is 10.7. The number of primary amides is 1. The monoisotopic (exact) mass is 261 g/mol. The lowest BCUT2D eigenvalue weighted by Gasteiger charge is -2.14. The molecule has 102 valence electrons. The van der Waals surface area contributed by atoms with Gasteiger partial charge in [-0.2, -0.15) is 5.26 Å². The first-order chi connectivity index (χ1) is 8.37. The molecule has 3 N–H and O–H groups in total. The quantitative estimate of drug-likeness (QED) is 0.608. The second-order valence-corrected chi connectivity index (χ2v) is 3.93. The summed E-state index contributed by atoms with van der Waals surface area (Å²) in [6, 6.07) is 1.91. The molecule has 0 radical (unpaired) electrons. The van der Waals surface area contributed by atoms with Gasteiger partial charge in [0.1, 0.15) is 0 Å². The molecule has 0 fully saturated rings. The summed E-state index contributed by atoms with van der Waals surface area (Å²) < 4.78 is 26.3. The van der Waals surface area contributed by atoms with Gasteiger partial charge in [-0.25, -0.2) is 8.78 Å². The van der Waals surface area contributed by atoms with E-state index in [0.717, 1.165) is 0 Å². The van der Waals surface area contributed by atoms with Gasteiger partial charge in [0.05, 0.1) is 6.07 Å². The average molecular weight is 261 g/mol. The molecule has 0 atom stereocenters. The van der Waals surface area contributed by atoms with Crippen LogP contribution in [0.2, 0.25) is 0 Å². The number of nitrogens with two attached hydrogens (primary N) is 1. The number of carbonyl (C=O) groups is 2. The number of halogens is 2. The van der Waals surface area contributed by atoms with E-state index in [1.807, 2.05) is 6.07 Å². The van der Waals surface area contributed by atoms with Gasteiger partial charge in [0, 0.05) is 38.6 Å². The lowest BCUT2D eigenvalue weighted by molar-refractivity contribution is -0.124. The Hall–Kier alpha value is -1.71. The normalized spacial score (nSPS) is 10.7. The number of hydrogen-bond acceptors (Lipinski definition) is 3. The van der Waals surface area contributed by atoms with Crippen LogP contribution in [0.15, 0.2) is 0 Å². The zero-order valence-corrected chi connectivity index (χ0v) is 10.0. The standard InChI is InChI=1S/C11H17F2N3O2/c12-11(13,5-3-9(15)17)6-4-10(18)16-8-2-1-7-14/h1-6,8H2,(H2,15,17)(H,16,18). The average Bonchev–Trinajstić information content (AvgIpc) is 2.30. The summed E-state index contributed by atoms with van der Waals surface area (Å²) in [5.41, 5.74) is 4.77. The van der Waals surface area contributed by atoms with E-state index in [1.54, 1.807) is 0 Å². The van der Waals surface area contributed by atoms with Crippen LogP contribution in [0.1, 0.15) is 38.5 Å². The van der Waals surface area contributed by atoms with Gasteiger partial charge in [0.2, 0.25) is 17.7 Å². The number of rotatable bonds is 9. The van der Waals surface area contributed by atoms with Crippen LogP contribution in [0, 0.1) is 11.3 Å². The number of alkyl halides is 2. The Bertz CT molecular complexity index is 327. The molecule has 0 aromatic rings. The Morgan fingerprint density at radius 1 is 1.28 bits per heavy atom. The van der Waals surface area contributed by atoms with Gasteiger partial charge in [-0.05, 0) is 6.42 Å². The molecule has 0 aliphatic rings. The molecule has 0 aromatic heterocycles. The molecule has 0 aliphatic heterocycles. The van der Waals surface area contributed by atoms with E-state index in [1.165, 1.54) is 0 Å². The van der Waals surface area contributed by atoms with Crippen molar-refractivity contribution in [3.63, 3.8) is 0 Å². The van der Waals surface area contributed by atoms with Crippen LogP contribution in [-0.4, -0.2) is 24.3 Å². The van der Waals surface area contributed by atoms with Crippen LogP contribution in [0.4, 0.5) is 8.78 Å². The van der Waals surface area contributed by atoms with Crippen molar-refractivity contribution < 1.29 is 18.4 Å². The van der Waals surface area contributed by atoms with Crippen molar-refractivity contribution in [3.05, 3.63) is 0 Å². The largest absolute Gasteiger partial charge is 0.370 e. The van der Waals surface area contributed by atoms with Gasteiger partial charge in [-0.15, -0.1) is 0 Å². The third-order valence-electron chi connectivity index (χ3n) is 2.24. The van der Waals surface area contributed by atoms with Crippen LogP contribution in [0.3, 0.4) is 0 Å². The molecule has 0 aliphatic carbocycles. The van der Waals surface area contributed by atoms with E-state index in [4.69, 9.17) is 11.0 Å². The van der Waals surface area contributed by atoms with Gasteiger partial charge >= 0.3 is 0 Å². The Balaban J connectivity index is 3.75. The predicted molar refractivity (Wildman–Crippen MR) is 60.5 cm³/mol. The lowest BCUT2D eigenvalue weighted by atomic mass is 10.1. The number of nitrogens with one attached hydrogen (secondary N) is 1. The summed E-state index contributed by atoms with van der Waals surface area (Å²) >= 11 is 0. The SMILES string of the molecule is N#CCCCNC(=O)CCC(F)(F)CCC(N)=O. The van der Waals surface area contributed by atoms with E-state index in [2.05, 4.69) is 5.32 Å². The van der Waals surface area contributed by atoms with Crippen LogP contribution in [-0.2, 0) is 9.59 Å². The summed E-state index contributed by atoms with van der Waals surface area (Å²) in [6.45, 7) is 0.305. The van der Waals surface area contributed by atoms with Crippen LogP contribution >= 0.6 is 0 Å². The second-order valence-electron chi connectivity index (χ2n) is 3.93. The molecule has 0 bridgehead atoms. The van der Waals surface area contributed by atoms with Gasteiger partial charge in [0.25, 0.3) is 0 Å². The zero-order chi connectivity index (χ0) is 14.0. The minimum atomic E-state index is -3.06. The number of unbranched alkanes of at least 4 members (excludes halogenated alkanes) is 1. The Morgan fingerprint density at radius 2 is 1.89 bits per heavy atom. The number of hydrogen-bond donors (Lipinski definition) is 2. The number of carbonyl (C=O) groups excluding carboxylic acids is 2. The van der Waals surface area contributed by atoms with Crippen molar-refractivity contribution in [3.8, 4) is 6.07 Å². The Labute approximate surface area is 104 Å². The molecular formula is C11H17F2N3O2. The Morgan fingerprint density at radius 3 is 2.44 bits per heavy atom. The van der Waals surface area contributed by atoms with Crippen LogP contribution < -0.4 is 11.1 Å². The van der Waals surface area contributed by atoms with E-state index in [0.29, 0.717) is 19.4 Å². The van der Waals surface area contributed by atoms with Gasteiger partial charge in [0.15, 0.2) is 0 Å². The highest BCUT2D eigenvalue weighted by Crippen LogP contribution is 2.25. The summed E-state index contributed by atoms with van der Waals surface area (Å²) in [4.78, 5) is 21.5. The van der Waals surface area contributed by atoms with Crippen LogP contribution in [0.25, 0.3) is 0 Å². The first-order valence-corrected chi connectivity index (χ1v) is 5.67. The Kier molecular flexibility index (Phi) is 7.59. The molecule has 0 rings (SSSR count). The van der Waals surface area contributed by atoms with Gasteiger partial charge in [-0.1, -0.05) is 0 Å². The van der Waals surface area contributed by atoms with Crippen molar-refractivity contribution in [2.75, 3.05) is 6.54 Å². The molecule has 0 unspecified atom stereocenters. The molecule has 7 heteroatoms. The topological polar surface area (TPSA) is 96.0 Å². The summed E-state index contributed by atoms with van der Waals surface area (Å²) in [6.07, 6.45) is -1.13. The molecule has 5 nitrogen and oxygen atoms in total. The third kappa shape index (κ3) is 9.51. The van der Waals surface area contributed by atoms with E-state index in [-0.39, 0.29) is 6.42 Å². The molecule has 0 aromatic carbocycles. The van der Waals surface area contributed by atoms with E-state index >= 15 is 0 Å². The first-order valence-electron chi connectivity index (χ1n) is 5.67. The summed E-state index contributed by atoms with van der Waals surface area (Å²) in [5.74, 6) is -4.32. The van der Waals surface area contributed by atoms with Crippen molar-refractivity contribution in [2.45, 2.75) is 44.4 Å². The first kappa shape index (κ1) is 16.3. The highest BCUT2D eigenvalue weighted by atomic mass is 19.3. The maximum absolute atomic E-state index is 13.2. The minimum Gasteiger partial charge on any atom is -0.370 e. The van der Waals surface area contributed by atoms with E-state index < -0.39 is 37.0 Å². The smallest absolute Gasteiger partial charge is 0.249 e. The lowest BCUT2D eigenvalue weighted by Crippen LogP contribution is -2.27. The zero-order valence-electron chi connectivity index (χ0n) is 10.0. The van der Waals surface area contributed by atoms with Crippen molar-refractivity contribution in [2.24, 2.45) is 5.73 Å². The number of amides is 2. The van der Waals surface area contributed by atoms with E-state index in [9.17, 15) is 18.4 Å². The molecule has 2 amide bonds. The molecule has 0 spiro atoms. The fraction of sp³-hybridized carbons (Fsp3) is 0.727. The van der Waals surface area contributed by atoms with Crippen LogP contribution in [0.5, 0.6) is 0 Å². The predicted octanol–water partition coefficient (Wildman–Crippen LogP) is 1.09. The highest BCUT2D eigenvalue weighted by molar-refractivity contribution is 5.76. The number of nitriles is 1. The maximum atomic E-state index is 13.2. The molecule has 0 saturated carbocycles. The molecule has 0 heterocycles. The van der Waals surface area contributed by atoms with Crippen molar-refractivity contribution in [1.82, 2.24) is 5.32 Å². The van der Waals surface area contributed by atoms with Gasteiger partial charge < -0.3 is 11.1 Å². The fourth-order valence-electron chi connectivity index (χ4n) is 1.21. The fourth-order valence-corrected chi connectivity index (χ4v) is 1.21. The molecule has 0 saturated heterocycles. The maximum Gasteiger partial charge on any atom is 0.249 e. The summed E-state index contributed by atoms with van der Waals surface area (Å²) in [7, 11) is 0. The molecule has 18 heavy (non-hydrogen) atoms. The van der Waals surface area contributed by atoms with Crippen molar-refractivity contribution >= 4 is 11.8 Å². The molecular weight excluding hydrogens is 244 g/mol. The second kappa shape index (κ2) is 8.39. The van der Waals surface area contributed by atoms with Gasteiger partial charge in [-0.3, -0.25) is 9.59 Å².